The molecule has 2 atom stereocenters. The molecule has 0 saturated carbocycles. The molecule has 0 aromatic rings. The van der Waals surface area contributed by atoms with Crippen molar-refractivity contribution >= 4 is 6.29 Å². The molecule has 83 valence electrons. The largest absolute Gasteiger partial charge is 0.396 e. The first-order chi connectivity index (χ1) is 6.52. The van der Waals surface area contributed by atoms with Crippen LogP contribution in [0.25, 0.3) is 0 Å². The van der Waals surface area contributed by atoms with Crippen LogP contribution in [0.3, 0.4) is 0 Å². The summed E-state index contributed by atoms with van der Waals surface area (Å²) in [5.74, 6) is 0. The van der Waals surface area contributed by atoms with E-state index < -0.39 is 17.6 Å². The van der Waals surface area contributed by atoms with Gasteiger partial charge in [0.15, 0.2) is 0 Å². The highest BCUT2D eigenvalue weighted by Gasteiger charge is 2.40. The Labute approximate surface area is 83.0 Å². The number of hydrogen-bond donors (Lipinski definition) is 4. The van der Waals surface area contributed by atoms with Crippen LogP contribution in [-0.4, -0.2) is 52.1 Å². The van der Waals surface area contributed by atoms with Gasteiger partial charge in [-0.15, -0.1) is 0 Å². The fourth-order valence-electron chi connectivity index (χ4n) is 1.20. The van der Waals surface area contributed by atoms with Crippen LogP contribution in [0.5, 0.6) is 0 Å². The highest BCUT2D eigenvalue weighted by Crippen LogP contribution is 2.27. The summed E-state index contributed by atoms with van der Waals surface area (Å²) in [7, 11) is 0. The van der Waals surface area contributed by atoms with Crippen LogP contribution in [0.2, 0.25) is 0 Å². The summed E-state index contributed by atoms with van der Waals surface area (Å²) in [6.45, 7) is 0.801. The van der Waals surface area contributed by atoms with Gasteiger partial charge in [-0.25, -0.2) is 0 Å². The smallest absolute Gasteiger partial charge is 0.210 e. The fraction of sp³-hybridized carbons (Fsp3) is 0.889. The summed E-state index contributed by atoms with van der Waals surface area (Å²) in [6.07, 6.45) is -0.757. The van der Waals surface area contributed by atoms with Crippen molar-refractivity contribution in [1.29, 1.82) is 0 Å². The summed E-state index contributed by atoms with van der Waals surface area (Å²) in [4.78, 5) is 10.7. The fourth-order valence-corrected chi connectivity index (χ4v) is 1.20. The third-order valence-corrected chi connectivity index (χ3v) is 2.41. The second-order valence-electron chi connectivity index (χ2n) is 3.44. The van der Waals surface area contributed by atoms with Crippen LogP contribution in [0.15, 0.2) is 0 Å². The third-order valence-electron chi connectivity index (χ3n) is 2.41. The standard InChI is InChI=1S/C9H17O5/c1-9(6-12,7(13)2-4-10)8(14)3-5-11/h7-8,10-11,13-14H,2-5H2,1H3. The predicted octanol–water partition coefficient (Wildman–Crippen LogP) is -1.41. The van der Waals surface area contributed by atoms with Crippen LogP contribution in [0, 0.1) is 5.41 Å². The lowest BCUT2D eigenvalue weighted by molar-refractivity contribution is -0.0344. The van der Waals surface area contributed by atoms with Gasteiger partial charge in [0, 0.05) is 13.2 Å². The maximum absolute atomic E-state index is 10.7. The van der Waals surface area contributed by atoms with Gasteiger partial charge in [-0.05, 0) is 19.8 Å². The second-order valence-corrected chi connectivity index (χ2v) is 3.44. The Kier molecular flexibility index (Phi) is 5.87. The highest BCUT2D eigenvalue weighted by molar-refractivity contribution is 5.61. The summed E-state index contributed by atoms with van der Waals surface area (Å²) >= 11 is 0. The SMILES string of the molecule is CC([C]=O)(C(O)CCO)C(O)CCO. The van der Waals surface area contributed by atoms with E-state index in [9.17, 15) is 15.0 Å². The van der Waals surface area contributed by atoms with Crippen molar-refractivity contribution in [2.45, 2.75) is 32.0 Å². The molecule has 2 unspecified atom stereocenters. The van der Waals surface area contributed by atoms with Crippen molar-refractivity contribution in [2.75, 3.05) is 13.2 Å². The van der Waals surface area contributed by atoms with Gasteiger partial charge in [-0.1, -0.05) is 0 Å². The van der Waals surface area contributed by atoms with E-state index in [4.69, 9.17) is 10.2 Å². The number of hydrogen-bond acceptors (Lipinski definition) is 5. The highest BCUT2D eigenvalue weighted by atomic mass is 16.3. The summed E-state index contributed by atoms with van der Waals surface area (Å²) in [5.41, 5.74) is -1.45. The summed E-state index contributed by atoms with van der Waals surface area (Å²) in [6, 6.07) is 0. The molecule has 0 bridgehead atoms. The first-order valence-electron chi connectivity index (χ1n) is 4.50. The zero-order chi connectivity index (χ0) is 11.2. The normalized spacial score (nSPS) is 19.8. The molecular formula is C9H17O5. The van der Waals surface area contributed by atoms with E-state index in [0.29, 0.717) is 0 Å². The Balaban J connectivity index is 4.50. The van der Waals surface area contributed by atoms with Crippen molar-refractivity contribution in [2.24, 2.45) is 5.41 Å². The van der Waals surface area contributed by atoms with Crippen LogP contribution < -0.4 is 0 Å². The molecule has 0 amide bonds. The van der Waals surface area contributed by atoms with Crippen molar-refractivity contribution in [3.8, 4) is 0 Å². The molecule has 14 heavy (non-hydrogen) atoms. The van der Waals surface area contributed by atoms with E-state index in [0.717, 1.165) is 0 Å². The molecule has 0 aromatic heterocycles. The molecule has 0 spiro atoms. The molecule has 0 aliphatic heterocycles. The van der Waals surface area contributed by atoms with Crippen molar-refractivity contribution in [3.05, 3.63) is 0 Å². The van der Waals surface area contributed by atoms with E-state index in [1.807, 2.05) is 0 Å². The Bertz CT molecular complexity index is 159. The molecule has 0 heterocycles. The minimum absolute atomic E-state index is 0.00573. The molecule has 0 fully saturated rings. The molecule has 0 rings (SSSR count). The maximum Gasteiger partial charge on any atom is 0.210 e. The van der Waals surface area contributed by atoms with Crippen molar-refractivity contribution < 1.29 is 25.2 Å². The quantitative estimate of drug-likeness (QED) is 0.409. The Morgan fingerprint density at radius 3 is 1.71 bits per heavy atom. The van der Waals surface area contributed by atoms with E-state index in [-0.39, 0.29) is 26.1 Å². The van der Waals surface area contributed by atoms with Crippen molar-refractivity contribution in [3.63, 3.8) is 0 Å². The molecule has 4 N–H and O–H groups in total. The van der Waals surface area contributed by atoms with E-state index in [2.05, 4.69) is 0 Å². The van der Waals surface area contributed by atoms with Gasteiger partial charge in [0.1, 0.15) is 0 Å². The van der Waals surface area contributed by atoms with Gasteiger partial charge in [0.25, 0.3) is 0 Å². The van der Waals surface area contributed by atoms with Gasteiger partial charge in [0.05, 0.1) is 17.6 Å². The van der Waals surface area contributed by atoms with Crippen LogP contribution in [-0.2, 0) is 4.79 Å². The van der Waals surface area contributed by atoms with Gasteiger partial charge in [-0.3, -0.25) is 4.79 Å². The Hall–Kier alpha value is -0.490. The molecule has 0 aliphatic rings. The lowest BCUT2D eigenvalue weighted by Crippen LogP contribution is -2.45. The molecule has 0 saturated heterocycles. The topological polar surface area (TPSA) is 98.0 Å². The minimum Gasteiger partial charge on any atom is -0.396 e. The number of rotatable bonds is 7. The number of aliphatic hydroxyl groups is 4. The molecule has 5 heteroatoms. The first kappa shape index (κ1) is 13.5. The monoisotopic (exact) mass is 205 g/mol. The third kappa shape index (κ3) is 3.02. The average molecular weight is 205 g/mol. The summed E-state index contributed by atoms with van der Waals surface area (Å²) in [5, 5.41) is 36.2. The van der Waals surface area contributed by atoms with Crippen LogP contribution in [0.1, 0.15) is 19.8 Å². The predicted molar refractivity (Wildman–Crippen MR) is 49.2 cm³/mol. The Morgan fingerprint density at radius 2 is 1.50 bits per heavy atom. The Morgan fingerprint density at radius 1 is 1.14 bits per heavy atom. The lowest BCUT2D eigenvalue weighted by Gasteiger charge is -2.32. The molecular weight excluding hydrogens is 188 g/mol. The molecule has 5 nitrogen and oxygen atoms in total. The van der Waals surface area contributed by atoms with Crippen molar-refractivity contribution in [1.82, 2.24) is 0 Å². The zero-order valence-electron chi connectivity index (χ0n) is 8.18. The summed E-state index contributed by atoms with van der Waals surface area (Å²) < 4.78 is 0. The average Bonchev–Trinajstić information content (AvgIpc) is 2.17. The zero-order valence-corrected chi connectivity index (χ0v) is 8.18. The van der Waals surface area contributed by atoms with Gasteiger partial charge < -0.3 is 20.4 Å². The molecule has 0 aliphatic carbocycles. The second kappa shape index (κ2) is 6.08. The van der Waals surface area contributed by atoms with Gasteiger partial charge >= 0.3 is 0 Å². The van der Waals surface area contributed by atoms with E-state index >= 15 is 0 Å². The van der Waals surface area contributed by atoms with E-state index in [1.54, 1.807) is 6.29 Å². The number of carbonyl (C=O) groups excluding carboxylic acids is 1. The lowest BCUT2D eigenvalue weighted by atomic mass is 9.77. The first-order valence-corrected chi connectivity index (χ1v) is 4.50. The maximum atomic E-state index is 10.7. The minimum atomic E-state index is -1.45. The van der Waals surface area contributed by atoms with Gasteiger partial charge in [0.2, 0.25) is 6.29 Å². The number of aliphatic hydroxyl groups excluding tert-OH is 4. The molecule has 0 aromatic carbocycles. The molecule has 1 radical (unpaired) electrons. The van der Waals surface area contributed by atoms with Gasteiger partial charge in [-0.2, -0.15) is 0 Å². The van der Waals surface area contributed by atoms with E-state index in [1.165, 1.54) is 6.92 Å². The van der Waals surface area contributed by atoms with Crippen LogP contribution >= 0.6 is 0 Å². The van der Waals surface area contributed by atoms with Crippen LogP contribution in [0.4, 0.5) is 0 Å².